The Labute approximate surface area is 478 Å². The van der Waals surface area contributed by atoms with Crippen LogP contribution in [-0.2, 0) is 31.0 Å². The van der Waals surface area contributed by atoms with Gasteiger partial charge in [-0.05, 0) is 149 Å². The Balaban J connectivity index is 0.895. The number of anilines is 4. The van der Waals surface area contributed by atoms with Gasteiger partial charge in [0.05, 0.1) is 58.6 Å². The Morgan fingerprint density at radius 1 is 0.951 bits per heavy atom. The SMILES string of the molecule is CC(C)c1ccccc1[C@@H]1COCCN1C1CC2(CCN(c3ccc(C(=O)NS(=O)(=O)c4ccc(NC[C@H]5CC[C@](C)(O)CC5)c([N+](=O)[O-])c4)c(N4c5cc6ccn(COCC[Si](C)(C)C)c6nc5O[C@H]5COCC[C@@H]54)c3)C(C)C2)C1. The summed E-state index contributed by atoms with van der Waals surface area (Å²) in [5, 5.41) is 27.0. The molecule has 4 aliphatic heterocycles. The zero-order chi connectivity index (χ0) is 57.0. The normalized spacial score (nSPS) is 27.1. The third kappa shape index (κ3) is 12.1. The van der Waals surface area contributed by atoms with Gasteiger partial charge in [-0.1, -0.05) is 57.8 Å². The summed E-state index contributed by atoms with van der Waals surface area (Å²) in [6.45, 7) is 20.9. The van der Waals surface area contributed by atoms with Crippen LogP contribution in [0.3, 0.4) is 0 Å². The van der Waals surface area contributed by atoms with E-state index in [0.29, 0.717) is 87.2 Å². The molecule has 6 aliphatic rings. The third-order valence-corrected chi connectivity index (χ3v) is 21.4. The van der Waals surface area contributed by atoms with Crippen LogP contribution in [0, 0.1) is 21.4 Å². The van der Waals surface area contributed by atoms with Crippen molar-refractivity contribution >= 4 is 63.5 Å². The third-order valence-electron chi connectivity index (χ3n) is 18.4. The fourth-order valence-electron chi connectivity index (χ4n) is 13.8. The van der Waals surface area contributed by atoms with Crippen LogP contribution >= 0.6 is 0 Å². The van der Waals surface area contributed by atoms with E-state index in [9.17, 15) is 28.4 Å². The molecule has 2 aliphatic carbocycles. The fraction of sp³-hybridized carbons (Fsp3) is 0.574. The first kappa shape index (κ1) is 57.2. The quantitative estimate of drug-likeness (QED) is 0.0343. The average Bonchev–Trinajstić information content (AvgIpc) is 3.50. The molecule has 1 amide bonds. The monoisotopic (exact) mass is 1150 g/mol. The van der Waals surface area contributed by atoms with Gasteiger partial charge in [-0.2, -0.15) is 4.98 Å². The number of pyridine rings is 1. The number of nitro benzene ring substituents is 1. The van der Waals surface area contributed by atoms with Gasteiger partial charge in [-0.25, -0.2) is 13.1 Å². The van der Waals surface area contributed by atoms with Crippen LogP contribution in [0.15, 0.2) is 83.9 Å². The highest BCUT2D eigenvalue weighted by molar-refractivity contribution is 7.90. The van der Waals surface area contributed by atoms with E-state index >= 15 is 0 Å². The van der Waals surface area contributed by atoms with Gasteiger partial charge in [0.2, 0.25) is 5.88 Å². The first-order valence-electron chi connectivity index (χ1n) is 29.4. The molecule has 81 heavy (non-hydrogen) atoms. The summed E-state index contributed by atoms with van der Waals surface area (Å²) in [5.74, 6) is 0.0838. The number of rotatable bonds is 17. The number of hydrogen-bond donors (Lipinski definition) is 3. The van der Waals surface area contributed by atoms with Crippen LogP contribution in [0.1, 0.15) is 119 Å². The van der Waals surface area contributed by atoms with Crippen molar-refractivity contribution in [3.63, 3.8) is 0 Å². The summed E-state index contributed by atoms with van der Waals surface area (Å²) in [4.78, 5) is 38.9. The zero-order valence-electron chi connectivity index (χ0n) is 48.2. The van der Waals surface area contributed by atoms with Crippen LogP contribution in [-0.4, -0.2) is 129 Å². The number of aliphatic hydroxyl groups is 1. The molecule has 436 valence electrons. The molecule has 5 fully saturated rings. The molecule has 2 saturated carbocycles. The van der Waals surface area contributed by atoms with Gasteiger partial charge in [0.25, 0.3) is 21.6 Å². The number of carbonyl (C=O) groups excluding carboxylic acids is 1. The van der Waals surface area contributed by atoms with Crippen LogP contribution < -0.4 is 24.6 Å². The zero-order valence-corrected chi connectivity index (χ0v) is 50.0. The average molecular weight is 1150 g/mol. The largest absolute Gasteiger partial charge is 0.468 e. The van der Waals surface area contributed by atoms with Crippen molar-refractivity contribution in [2.75, 3.05) is 67.8 Å². The van der Waals surface area contributed by atoms with Gasteiger partial charge in [-0.3, -0.25) is 19.8 Å². The summed E-state index contributed by atoms with van der Waals surface area (Å²) in [5.41, 5.74) is 4.82. The maximum Gasteiger partial charge on any atom is 0.293 e. The van der Waals surface area contributed by atoms with Gasteiger partial charge < -0.3 is 43.7 Å². The molecule has 3 aromatic carbocycles. The van der Waals surface area contributed by atoms with Gasteiger partial charge >= 0.3 is 0 Å². The lowest BCUT2D eigenvalue weighted by Crippen LogP contribution is -2.59. The van der Waals surface area contributed by atoms with Crippen molar-refractivity contribution in [3.8, 4) is 5.88 Å². The Hall–Kier alpha value is -5.61. The first-order valence-corrected chi connectivity index (χ1v) is 34.6. The fourth-order valence-corrected chi connectivity index (χ4v) is 15.5. The number of carbonyl (C=O) groups is 1. The summed E-state index contributed by atoms with van der Waals surface area (Å²) in [7, 11) is -5.97. The van der Waals surface area contributed by atoms with E-state index < -0.39 is 51.2 Å². The Morgan fingerprint density at radius 2 is 1.73 bits per heavy atom. The van der Waals surface area contributed by atoms with Gasteiger partial charge in [0.1, 0.15) is 29.9 Å². The Kier molecular flexibility index (Phi) is 16.1. The van der Waals surface area contributed by atoms with E-state index in [1.165, 1.54) is 23.3 Å². The van der Waals surface area contributed by atoms with Crippen molar-refractivity contribution in [3.05, 3.63) is 106 Å². The molecule has 6 heterocycles. The molecule has 20 heteroatoms. The number of fused-ring (bicyclic) bond motifs is 3. The number of hydrogen-bond acceptors (Lipinski definition) is 15. The summed E-state index contributed by atoms with van der Waals surface area (Å²) >= 11 is 0. The van der Waals surface area contributed by atoms with E-state index in [2.05, 4.69) is 89.4 Å². The number of amides is 1. The summed E-state index contributed by atoms with van der Waals surface area (Å²) < 4.78 is 58.1. The number of aromatic nitrogens is 2. The minimum absolute atomic E-state index is 0.107. The highest BCUT2D eigenvalue weighted by Crippen LogP contribution is 2.55. The van der Waals surface area contributed by atoms with Crippen molar-refractivity contribution in [2.45, 2.75) is 165 Å². The molecule has 4 atom stereocenters. The molecular weight excluding hydrogens is 1060 g/mol. The molecule has 0 bridgehead atoms. The Morgan fingerprint density at radius 3 is 2.48 bits per heavy atom. The van der Waals surface area contributed by atoms with Gasteiger partial charge in [0, 0.05) is 76.3 Å². The second-order valence-corrected chi connectivity index (χ2v) is 33.2. The van der Waals surface area contributed by atoms with Crippen molar-refractivity contribution in [2.24, 2.45) is 11.3 Å². The minimum atomic E-state index is -4.66. The predicted molar refractivity (Wildman–Crippen MR) is 317 cm³/mol. The topological polar surface area (TPSA) is 203 Å². The lowest BCUT2D eigenvalue weighted by Gasteiger charge is -2.59. The van der Waals surface area contributed by atoms with Crippen LogP contribution in [0.4, 0.5) is 28.4 Å². The smallest absolute Gasteiger partial charge is 0.293 e. The summed E-state index contributed by atoms with van der Waals surface area (Å²) in [6, 6.07) is 23.8. The van der Waals surface area contributed by atoms with E-state index in [-0.39, 0.29) is 47.3 Å². The molecule has 0 radical (unpaired) electrons. The van der Waals surface area contributed by atoms with Crippen molar-refractivity contribution in [1.29, 1.82) is 0 Å². The van der Waals surface area contributed by atoms with Crippen LogP contribution in [0.25, 0.3) is 11.0 Å². The highest BCUT2D eigenvalue weighted by Gasteiger charge is 2.51. The lowest BCUT2D eigenvalue weighted by molar-refractivity contribution is -0.384. The molecule has 1 unspecified atom stereocenters. The van der Waals surface area contributed by atoms with Crippen molar-refractivity contribution in [1.82, 2.24) is 19.2 Å². The second kappa shape index (κ2) is 22.9. The molecule has 2 aromatic heterocycles. The molecule has 1 spiro atoms. The summed E-state index contributed by atoms with van der Waals surface area (Å²) in [6.07, 6.45) is 9.08. The number of ether oxygens (including phenoxy) is 4. The molecule has 11 rings (SSSR count). The molecule has 5 aromatic rings. The maximum atomic E-state index is 15.0. The number of sulfonamides is 1. The number of nitrogens with zero attached hydrogens (tertiary/aromatic N) is 6. The maximum absolute atomic E-state index is 15.0. The molecule has 18 nitrogen and oxygen atoms in total. The minimum Gasteiger partial charge on any atom is -0.468 e. The number of benzene rings is 3. The molecule has 3 saturated heterocycles. The Bertz CT molecular complexity index is 3240. The van der Waals surface area contributed by atoms with Gasteiger partial charge in [-0.15, -0.1) is 0 Å². The number of nitrogens with one attached hydrogen (secondary N) is 2. The first-order chi connectivity index (χ1) is 38.6. The standard InChI is InChI=1S/C61H82N8O10SSi/c1-40(2)47-10-8-9-11-48(47)55-37-77-27-25-67(55)45-34-61(35-45)22-24-66(41(3)33-61)44-12-14-49(58(70)64-80(74,75)46-13-15-50(53(32-46)69(72)73)62-36-42-16-20-60(4,71)21-17-42)52(31-44)68-51-19-26-76-38-56(51)79-59-54(68)30-43-18-23-65(57(43)63-59)39-78-28-29-81(5,6)7/h8-15,18,23,30-32,40-42,45,51,55-56,62,71H,16-17,19-22,24-29,33-39H2,1-7H3,(H,64,70)/t41?,42-,45?,51-,55-,56-,60-,61?/m0/s1. The molecule has 3 N–H and O–H groups in total. The van der Waals surface area contributed by atoms with E-state index in [1.54, 1.807) is 6.07 Å². The van der Waals surface area contributed by atoms with Gasteiger partial charge in [0.15, 0.2) is 0 Å². The van der Waals surface area contributed by atoms with Crippen LogP contribution in [0.5, 0.6) is 5.88 Å². The van der Waals surface area contributed by atoms with E-state index in [1.807, 2.05) is 42.0 Å². The van der Waals surface area contributed by atoms with Crippen molar-refractivity contribution < 1.29 is 42.2 Å². The number of morpholine rings is 1. The van der Waals surface area contributed by atoms with E-state index in [4.69, 9.17) is 23.9 Å². The van der Waals surface area contributed by atoms with Crippen LogP contribution in [0.2, 0.25) is 25.7 Å². The number of nitro groups is 1. The molecular formula is C61H82N8O10SSi. The van der Waals surface area contributed by atoms with E-state index in [0.717, 1.165) is 81.4 Å². The predicted octanol–water partition coefficient (Wildman–Crippen LogP) is 10.8. The highest BCUT2D eigenvalue weighted by atomic mass is 32.2. The second-order valence-electron chi connectivity index (χ2n) is 25.9. The lowest BCUT2D eigenvalue weighted by atomic mass is 9.58. The number of piperidine rings is 1.